The second-order valence-electron chi connectivity index (χ2n) is 6.41. The molecule has 1 aromatic heterocycles. The highest BCUT2D eigenvalue weighted by Gasteiger charge is 2.45. The molecule has 1 fully saturated rings. The molecule has 0 saturated carbocycles. The van der Waals surface area contributed by atoms with E-state index >= 15 is 0 Å². The number of amides is 2. The summed E-state index contributed by atoms with van der Waals surface area (Å²) in [5.74, 6) is -0.836. The molecule has 2 atom stereocenters. The molecule has 2 N–H and O–H groups in total. The molecule has 0 unspecified atom stereocenters. The van der Waals surface area contributed by atoms with Gasteiger partial charge >= 0.3 is 0 Å². The summed E-state index contributed by atoms with van der Waals surface area (Å²) in [6, 6.07) is 3.89. The minimum absolute atomic E-state index is 0.0431. The van der Waals surface area contributed by atoms with E-state index in [4.69, 9.17) is 0 Å². The van der Waals surface area contributed by atoms with Crippen LogP contribution in [0.15, 0.2) is 24.5 Å². The Morgan fingerprint density at radius 3 is 2.65 bits per heavy atom. The molecule has 5 nitrogen and oxygen atoms in total. The number of rotatable bonds is 4. The van der Waals surface area contributed by atoms with Gasteiger partial charge in [-0.15, -0.1) is 0 Å². The van der Waals surface area contributed by atoms with Gasteiger partial charge in [0.05, 0.1) is 0 Å². The largest absolute Gasteiger partial charge is 0.355 e. The van der Waals surface area contributed by atoms with E-state index in [2.05, 4.69) is 31.4 Å². The van der Waals surface area contributed by atoms with Crippen molar-refractivity contribution >= 4 is 11.8 Å². The summed E-state index contributed by atoms with van der Waals surface area (Å²) in [5, 5.41) is 5.68. The molecule has 0 aromatic carbocycles. The first kappa shape index (κ1) is 14.6. The fourth-order valence-corrected chi connectivity index (χ4v) is 2.67. The third-order valence-electron chi connectivity index (χ3n) is 3.91. The van der Waals surface area contributed by atoms with Gasteiger partial charge in [0.1, 0.15) is 5.92 Å². The summed E-state index contributed by atoms with van der Waals surface area (Å²) in [7, 11) is 0. The van der Waals surface area contributed by atoms with Gasteiger partial charge in [-0.2, -0.15) is 0 Å². The molecule has 0 bridgehead atoms. The van der Waals surface area contributed by atoms with Gasteiger partial charge in [-0.3, -0.25) is 9.59 Å². The number of nitrogens with zero attached hydrogens (tertiary/aromatic N) is 1. The zero-order chi connectivity index (χ0) is 14.8. The zero-order valence-corrected chi connectivity index (χ0v) is 12.3. The second-order valence-corrected chi connectivity index (χ2v) is 6.41. The van der Waals surface area contributed by atoms with Crippen molar-refractivity contribution in [1.82, 2.24) is 15.2 Å². The topological polar surface area (TPSA) is 63.1 Å². The quantitative estimate of drug-likeness (QED) is 0.807. The van der Waals surface area contributed by atoms with E-state index < -0.39 is 5.92 Å². The Hall–Kier alpha value is -1.78. The maximum absolute atomic E-state index is 12.3. The lowest BCUT2D eigenvalue weighted by molar-refractivity contribution is -0.135. The number of nitrogens with one attached hydrogen (secondary N) is 2. The minimum Gasteiger partial charge on any atom is -0.355 e. The third kappa shape index (κ3) is 3.21. The van der Waals surface area contributed by atoms with E-state index in [-0.39, 0.29) is 23.1 Å². The summed E-state index contributed by atoms with van der Waals surface area (Å²) in [6.45, 7) is 8.04. The highest BCUT2D eigenvalue weighted by Crippen LogP contribution is 2.35. The van der Waals surface area contributed by atoms with E-state index in [0.717, 1.165) is 0 Å². The van der Waals surface area contributed by atoms with Crippen LogP contribution in [0.5, 0.6) is 0 Å². The summed E-state index contributed by atoms with van der Waals surface area (Å²) in [5.41, 5.74) is -0.0679. The number of carbonyl (C=O) groups excluding carboxylic acids is 2. The Kier molecular flexibility index (Phi) is 4.16. The molecule has 1 aliphatic rings. The van der Waals surface area contributed by atoms with Crippen LogP contribution in [0.25, 0.3) is 0 Å². The molecule has 5 heteroatoms. The van der Waals surface area contributed by atoms with Crippen LogP contribution in [-0.4, -0.2) is 29.5 Å². The molecule has 20 heavy (non-hydrogen) atoms. The monoisotopic (exact) mass is 277 g/mol. The van der Waals surface area contributed by atoms with Crippen molar-refractivity contribution in [3.63, 3.8) is 0 Å². The fraction of sp³-hybridized carbons (Fsp3) is 0.600. The highest BCUT2D eigenvalue weighted by atomic mass is 16.2. The highest BCUT2D eigenvalue weighted by molar-refractivity contribution is 6.02. The van der Waals surface area contributed by atoms with Crippen LogP contribution in [0.4, 0.5) is 0 Å². The van der Waals surface area contributed by atoms with Crippen molar-refractivity contribution in [2.45, 2.75) is 27.3 Å². The number of aromatic nitrogens is 1. The normalized spacial score (nSPS) is 22.6. The van der Waals surface area contributed by atoms with Gasteiger partial charge < -0.3 is 15.2 Å². The van der Waals surface area contributed by atoms with Gasteiger partial charge in [0.25, 0.3) is 0 Å². The van der Waals surface area contributed by atoms with E-state index in [0.29, 0.717) is 19.6 Å². The molecule has 0 radical (unpaired) electrons. The summed E-state index contributed by atoms with van der Waals surface area (Å²) in [6.07, 6.45) is 3.90. The Morgan fingerprint density at radius 2 is 2.05 bits per heavy atom. The van der Waals surface area contributed by atoms with E-state index in [1.807, 2.05) is 29.1 Å². The Bertz CT molecular complexity index is 474. The van der Waals surface area contributed by atoms with Crippen LogP contribution in [0.2, 0.25) is 0 Å². The number of carbonyl (C=O) groups is 2. The van der Waals surface area contributed by atoms with Crippen molar-refractivity contribution in [2.24, 2.45) is 17.3 Å². The average Bonchev–Trinajstić information content (AvgIpc) is 2.97. The molecule has 1 saturated heterocycles. The molecule has 1 aliphatic heterocycles. The van der Waals surface area contributed by atoms with Crippen molar-refractivity contribution in [3.8, 4) is 0 Å². The third-order valence-corrected chi connectivity index (χ3v) is 3.91. The zero-order valence-electron chi connectivity index (χ0n) is 12.3. The summed E-state index contributed by atoms with van der Waals surface area (Å²) >= 11 is 0. The predicted octanol–water partition coefficient (Wildman–Crippen LogP) is 1.01. The van der Waals surface area contributed by atoms with Gasteiger partial charge in [0.15, 0.2) is 0 Å². The van der Waals surface area contributed by atoms with Crippen molar-refractivity contribution < 1.29 is 9.59 Å². The van der Waals surface area contributed by atoms with Crippen LogP contribution in [-0.2, 0) is 16.1 Å². The SMILES string of the molecule is CC(C)(C)[C@@H]1CNC(=O)[C@@H]1C(=O)NCCn1cccc1. The van der Waals surface area contributed by atoms with Crippen LogP contribution >= 0.6 is 0 Å². The number of hydrogen-bond donors (Lipinski definition) is 2. The molecule has 2 rings (SSSR count). The lowest BCUT2D eigenvalue weighted by atomic mass is 9.74. The Labute approximate surface area is 119 Å². The first-order valence-corrected chi connectivity index (χ1v) is 7.06. The van der Waals surface area contributed by atoms with Crippen LogP contribution in [0.1, 0.15) is 20.8 Å². The second kappa shape index (κ2) is 5.69. The summed E-state index contributed by atoms with van der Waals surface area (Å²) < 4.78 is 2.00. The van der Waals surface area contributed by atoms with Crippen molar-refractivity contribution in [2.75, 3.05) is 13.1 Å². The lowest BCUT2D eigenvalue weighted by Gasteiger charge is -2.29. The first-order chi connectivity index (χ1) is 9.39. The van der Waals surface area contributed by atoms with Crippen molar-refractivity contribution in [1.29, 1.82) is 0 Å². The van der Waals surface area contributed by atoms with Crippen LogP contribution in [0, 0.1) is 17.3 Å². The van der Waals surface area contributed by atoms with E-state index in [9.17, 15) is 9.59 Å². The summed E-state index contributed by atoms with van der Waals surface area (Å²) in [4.78, 5) is 24.1. The molecule has 2 amide bonds. The fourth-order valence-electron chi connectivity index (χ4n) is 2.67. The Morgan fingerprint density at radius 1 is 1.40 bits per heavy atom. The molecule has 2 heterocycles. The number of hydrogen-bond acceptors (Lipinski definition) is 2. The molecular formula is C15H23N3O2. The molecule has 1 aromatic rings. The molecule has 110 valence electrons. The predicted molar refractivity (Wildman–Crippen MR) is 76.9 cm³/mol. The molecule has 0 spiro atoms. The Balaban J connectivity index is 1.91. The lowest BCUT2D eigenvalue weighted by Crippen LogP contribution is -2.41. The van der Waals surface area contributed by atoms with Gasteiger partial charge in [-0.05, 0) is 17.5 Å². The maximum atomic E-state index is 12.3. The van der Waals surface area contributed by atoms with Gasteiger partial charge in [-0.1, -0.05) is 20.8 Å². The smallest absolute Gasteiger partial charge is 0.233 e. The molecule has 0 aliphatic carbocycles. The average molecular weight is 277 g/mol. The molecular weight excluding hydrogens is 254 g/mol. The van der Waals surface area contributed by atoms with Gasteiger partial charge in [0, 0.05) is 37.9 Å². The van der Waals surface area contributed by atoms with E-state index in [1.165, 1.54) is 0 Å². The maximum Gasteiger partial charge on any atom is 0.233 e. The van der Waals surface area contributed by atoms with Crippen molar-refractivity contribution in [3.05, 3.63) is 24.5 Å². The van der Waals surface area contributed by atoms with Gasteiger partial charge in [0.2, 0.25) is 11.8 Å². The van der Waals surface area contributed by atoms with Crippen LogP contribution < -0.4 is 10.6 Å². The standard InChI is InChI=1S/C15H23N3O2/c1-15(2,3)11-10-17-14(20)12(11)13(19)16-6-9-18-7-4-5-8-18/h4-5,7-8,11-12H,6,9-10H2,1-3H3,(H,16,19)(H,17,20)/t11-,12+/m1/s1. The minimum atomic E-state index is -0.570. The van der Waals surface area contributed by atoms with Crippen LogP contribution in [0.3, 0.4) is 0 Å². The van der Waals surface area contributed by atoms with E-state index in [1.54, 1.807) is 0 Å². The first-order valence-electron chi connectivity index (χ1n) is 7.06. The van der Waals surface area contributed by atoms with Gasteiger partial charge in [-0.25, -0.2) is 0 Å².